The van der Waals surface area contributed by atoms with Crippen molar-refractivity contribution < 1.29 is 14.3 Å². The first-order chi connectivity index (χ1) is 8.72. The van der Waals surface area contributed by atoms with Gasteiger partial charge in [0.1, 0.15) is 6.04 Å². The van der Waals surface area contributed by atoms with E-state index in [0.717, 1.165) is 16.3 Å². The maximum atomic E-state index is 11.3. The predicted octanol–water partition coefficient (Wildman–Crippen LogP) is 2.02. The Morgan fingerprint density at radius 3 is 2.56 bits per heavy atom. The van der Waals surface area contributed by atoms with Gasteiger partial charge < -0.3 is 10.1 Å². The minimum absolute atomic E-state index is 0.454. The average molecular weight is 241 g/mol. The van der Waals surface area contributed by atoms with Crippen LogP contribution in [0.2, 0.25) is 0 Å². The fourth-order valence-electron chi connectivity index (χ4n) is 2.13. The van der Waals surface area contributed by atoms with Crippen LogP contribution >= 0.6 is 0 Å². The molecule has 1 fully saturated rings. The molecule has 18 heavy (non-hydrogen) atoms. The van der Waals surface area contributed by atoms with E-state index in [1.165, 1.54) is 0 Å². The third kappa shape index (κ3) is 1.93. The van der Waals surface area contributed by atoms with Crippen molar-refractivity contribution >= 4 is 22.8 Å². The number of fused-ring (bicyclic) bond motifs is 1. The molecule has 1 amide bonds. The van der Waals surface area contributed by atoms with Crippen LogP contribution in [0.1, 0.15) is 5.56 Å². The van der Waals surface area contributed by atoms with E-state index in [-0.39, 0.29) is 0 Å². The number of carbonyl (C=O) groups is 2. The van der Waals surface area contributed by atoms with Gasteiger partial charge in [0, 0.05) is 6.42 Å². The lowest BCUT2D eigenvalue weighted by molar-refractivity contribution is -0.135. The summed E-state index contributed by atoms with van der Waals surface area (Å²) in [5, 5.41) is 4.76. The first-order valence-corrected chi connectivity index (χ1v) is 5.72. The highest BCUT2D eigenvalue weighted by atomic mass is 16.6. The predicted molar refractivity (Wildman–Crippen MR) is 66.1 cm³/mol. The summed E-state index contributed by atoms with van der Waals surface area (Å²) in [5.41, 5.74) is 0.998. The summed E-state index contributed by atoms with van der Waals surface area (Å²) >= 11 is 0. The monoisotopic (exact) mass is 241 g/mol. The van der Waals surface area contributed by atoms with E-state index in [4.69, 9.17) is 0 Å². The van der Waals surface area contributed by atoms with Gasteiger partial charge in [-0.15, -0.1) is 0 Å². The van der Waals surface area contributed by atoms with Crippen LogP contribution in [-0.2, 0) is 16.0 Å². The van der Waals surface area contributed by atoms with Crippen LogP contribution in [-0.4, -0.2) is 18.1 Å². The summed E-state index contributed by atoms with van der Waals surface area (Å²) in [6, 6.07) is 13.4. The van der Waals surface area contributed by atoms with Gasteiger partial charge in [-0.25, -0.2) is 9.59 Å². The van der Waals surface area contributed by atoms with Crippen molar-refractivity contribution in [2.24, 2.45) is 0 Å². The highest BCUT2D eigenvalue weighted by Gasteiger charge is 2.32. The molecule has 90 valence electrons. The van der Waals surface area contributed by atoms with E-state index in [0.29, 0.717) is 6.42 Å². The lowest BCUT2D eigenvalue weighted by Crippen LogP contribution is -2.30. The normalized spacial score (nSPS) is 18.8. The Bertz CT molecular complexity index is 636. The van der Waals surface area contributed by atoms with Gasteiger partial charge in [-0.05, 0) is 16.3 Å². The number of alkyl carbamates (subject to hydrolysis) is 1. The van der Waals surface area contributed by atoms with Crippen molar-refractivity contribution in [3.63, 3.8) is 0 Å². The molecule has 1 N–H and O–H groups in total. The minimum atomic E-state index is -0.661. The number of rotatable bonds is 2. The molecule has 2 aromatic carbocycles. The van der Waals surface area contributed by atoms with Crippen molar-refractivity contribution in [1.29, 1.82) is 0 Å². The molecule has 1 aliphatic heterocycles. The summed E-state index contributed by atoms with van der Waals surface area (Å²) in [7, 11) is 0. The standard InChI is InChI=1S/C14H11NO3/c16-13-12(15-14(17)18-13)8-9-5-6-10-3-1-2-4-11(10)7-9/h1-7,12H,8H2,(H,15,17). The largest absolute Gasteiger partial charge is 0.415 e. The van der Waals surface area contributed by atoms with Crippen molar-refractivity contribution in [2.75, 3.05) is 0 Å². The second-order valence-corrected chi connectivity index (χ2v) is 4.29. The van der Waals surface area contributed by atoms with Gasteiger partial charge in [0.25, 0.3) is 0 Å². The maximum Gasteiger partial charge on any atom is 0.415 e. The van der Waals surface area contributed by atoms with Crippen LogP contribution in [0.25, 0.3) is 10.8 Å². The second kappa shape index (κ2) is 4.14. The lowest BCUT2D eigenvalue weighted by atomic mass is 10.0. The SMILES string of the molecule is O=C1NC(Cc2ccc3ccccc3c2)C(=O)O1. The molecule has 0 aromatic heterocycles. The van der Waals surface area contributed by atoms with Crippen molar-refractivity contribution in [3.05, 3.63) is 48.0 Å². The zero-order valence-electron chi connectivity index (χ0n) is 9.55. The summed E-state index contributed by atoms with van der Waals surface area (Å²) < 4.78 is 4.44. The van der Waals surface area contributed by atoms with Crippen LogP contribution in [0.3, 0.4) is 0 Å². The number of ether oxygens (including phenoxy) is 1. The number of hydrogen-bond acceptors (Lipinski definition) is 3. The van der Waals surface area contributed by atoms with Gasteiger partial charge >= 0.3 is 12.1 Å². The highest BCUT2D eigenvalue weighted by Crippen LogP contribution is 2.17. The smallest absolute Gasteiger partial charge is 0.375 e. The summed E-state index contributed by atoms with van der Waals surface area (Å²) in [4.78, 5) is 22.3. The van der Waals surface area contributed by atoms with E-state index in [1.54, 1.807) is 0 Å². The molecule has 3 rings (SSSR count). The molecule has 1 atom stereocenters. The number of cyclic esters (lactones) is 2. The molecule has 0 aliphatic carbocycles. The molecule has 0 bridgehead atoms. The van der Waals surface area contributed by atoms with Gasteiger partial charge in [-0.3, -0.25) is 0 Å². The van der Waals surface area contributed by atoms with E-state index in [9.17, 15) is 9.59 Å². The molecule has 1 heterocycles. The average Bonchev–Trinajstić information content (AvgIpc) is 2.68. The molecule has 0 spiro atoms. The molecule has 4 heteroatoms. The fourth-order valence-corrected chi connectivity index (χ4v) is 2.13. The fraction of sp³-hybridized carbons (Fsp3) is 0.143. The Kier molecular flexibility index (Phi) is 2.48. The summed E-state index contributed by atoms with van der Waals surface area (Å²) in [6.07, 6.45) is -0.208. The highest BCUT2D eigenvalue weighted by molar-refractivity contribution is 5.95. The number of carbonyl (C=O) groups excluding carboxylic acids is 2. The number of benzene rings is 2. The number of hydrogen-bond donors (Lipinski definition) is 1. The van der Waals surface area contributed by atoms with Crippen molar-refractivity contribution in [1.82, 2.24) is 5.32 Å². The zero-order chi connectivity index (χ0) is 12.5. The summed E-state index contributed by atoms with van der Waals surface area (Å²) in [5.74, 6) is -0.506. The third-order valence-electron chi connectivity index (χ3n) is 3.02. The minimum Gasteiger partial charge on any atom is -0.375 e. The molecule has 0 saturated carbocycles. The third-order valence-corrected chi connectivity index (χ3v) is 3.02. The maximum absolute atomic E-state index is 11.3. The van der Waals surface area contributed by atoms with Gasteiger partial charge in [-0.2, -0.15) is 0 Å². The molecule has 0 radical (unpaired) electrons. The van der Waals surface area contributed by atoms with Crippen LogP contribution < -0.4 is 5.32 Å². The molecular weight excluding hydrogens is 230 g/mol. The van der Waals surface area contributed by atoms with Crippen LogP contribution in [0.15, 0.2) is 42.5 Å². The number of esters is 1. The molecule has 4 nitrogen and oxygen atoms in total. The molecule has 1 unspecified atom stereocenters. The molecule has 1 aliphatic rings. The van der Waals surface area contributed by atoms with Crippen LogP contribution in [0.5, 0.6) is 0 Å². The van der Waals surface area contributed by atoms with E-state index in [2.05, 4.69) is 10.1 Å². The Balaban J connectivity index is 1.87. The van der Waals surface area contributed by atoms with Gasteiger partial charge in [-0.1, -0.05) is 42.5 Å². The second-order valence-electron chi connectivity index (χ2n) is 4.29. The van der Waals surface area contributed by atoms with E-state index >= 15 is 0 Å². The quantitative estimate of drug-likeness (QED) is 0.646. The van der Waals surface area contributed by atoms with Crippen molar-refractivity contribution in [2.45, 2.75) is 12.5 Å². The van der Waals surface area contributed by atoms with Crippen molar-refractivity contribution in [3.8, 4) is 0 Å². The van der Waals surface area contributed by atoms with Crippen LogP contribution in [0, 0.1) is 0 Å². The molecular formula is C14H11NO3. The summed E-state index contributed by atoms with van der Waals surface area (Å²) in [6.45, 7) is 0. The van der Waals surface area contributed by atoms with Gasteiger partial charge in [0.15, 0.2) is 0 Å². The topological polar surface area (TPSA) is 55.4 Å². The Morgan fingerprint density at radius 1 is 1.06 bits per heavy atom. The molecule has 1 saturated heterocycles. The lowest BCUT2D eigenvalue weighted by Gasteiger charge is -2.07. The van der Waals surface area contributed by atoms with Gasteiger partial charge in [0.05, 0.1) is 0 Å². The number of nitrogens with one attached hydrogen (secondary N) is 1. The zero-order valence-corrected chi connectivity index (χ0v) is 9.55. The van der Waals surface area contributed by atoms with E-state index < -0.39 is 18.1 Å². The Hall–Kier alpha value is -2.36. The Labute approximate surface area is 104 Å². The van der Waals surface area contributed by atoms with Gasteiger partial charge in [0.2, 0.25) is 0 Å². The molecule has 2 aromatic rings. The first-order valence-electron chi connectivity index (χ1n) is 5.72. The van der Waals surface area contributed by atoms with E-state index in [1.807, 2.05) is 42.5 Å². The first kappa shape index (κ1) is 10.8. The number of amides is 1. The Morgan fingerprint density at radius 2 is 1.83 bits per heavy atom. The van der Waals surface area contributed by atoms with Crippen LogP contribution in [0.4, 0.5) is 4.79 Å².